The predicted molar refractivity (Wildman–Crippen MR) is 68.7 cm³/mol. The number of hydrogen-bond donors (Lipinski definition) is 2. The Kier molecular flexibility index (Phi) is 5.43. The van der Waals surface area contributed by atoms with Crippen LogP contribution in [0.4, 0.5) is 5.69 Å². The van der Waals surface area contributed by atoms with Gasteiger partial charge >= 0.3 is 0 Å². The van der Waals surface area contributed by atoms with Gasteiger partial charge in [-0.05, 0) is 53.4 Å². The molecule has 0 unspecified atom stereocenters. The number of unbranched alkanes of at least 4 members (excludes halogenated alkanes) is 1. The first kappa shape index (κ1) is 12.8. The summed E-state index contributed by atoms with van der Waals surface area (Å²) in [5.41, 5.74) is 2.06. The molecule has 0 spiro atoms. The summed E-state index contributed by atoms with van der Waals surface area (Å²) in [5, 5.41) is 12.7. The van der Waals surface area contributed by atoms with Crippen LogP contribution in [-0.2, 0) is 0 Å². The van der Waals surface area contributed by atoms with Gasteiger partial charge in [0.2, 0.25) is 0 Å². The highest BCUT2D eigenvalue weighted by atomic mass is 79.9. The summed E-state index contributed by atoms with van der Waals surface area (Å²) < 4.78 is 1.02. The molecule has 0 radical (unpaired) electrons. The van der Waals surface area contributed by atoms with E-state index in [0.29, 0.717) is 0 Å². The number of nitrogens with one attached hydrogen (secondary N) is 1. The van der Waals surface area contributed by atoms with Crippen molar-refractivity contribution in [3.8, 4) is 0 Å². The number of aliphatic hydroxyl groups excluding tert-OH is 1. The van der Waals surface area contributed by atoms with Gasteiger partial charge in [0.15, 0.2) is 0 Å². The van der Waals surface area contributed by atoms with Gasteiger partial charge in [0.1, 0.15) is 0 Å². The van der Waals surface area contributed by atoms with Crippen LogP contribution in [0.1, 0.15) is 18.4 Å². The van der Waals surface area contributed by atoms with Crippen molar-refractivity contribution in [2.45, 2.75) is 19.8 Å². The topological polar surface area (TPSA) is 32.3 Å². The molecule has 2 nitrogen and oxygen atoms in total. The van der Waals surface area contributed by atoms with Gasteiger partial charge in [-0.2, -0.15) is 0 Å². The summed E-state index contributed by atoms with van der Waals surface area (Å²) in [7, 11) is 0. The lowest BCUT2D eigenvalue weighted by molar-refractivity contribution is 0.286. The first-order chi connectivity index (χ1) is 7.15. The molecular formula is C11H15BrClNO. The predicted octanol–water partition coefficient (Wildman–Crippen LogP) is 3.60. The number of anilines is 1. The Morgan fingerprint density at radius 1 is 1.40 bits per heavy atom. The third kappa shape index (κ3) is 4.01. The van der Waals surface area contributed by atoms with Crippen molar-refractivity contribution in [2.75, 3.05) is 18.5 Å². The van der Waals surface area contributed by atoms with Crippen molar-refractivity contribution in [2.24, 2.45) is 0 Å². The van der Waals surface area contributed by atoms with Gasteiger partial charge in [0.25, 0.3) is 0 Å². The Morgan fingerprint density at radius 2 is 2.13 bits per heavy atom. The highest BCUT2D eigenvalue weighted by Gasteiger charge is 2.03. The summed E-state index contributed by atoms with van der Waals surface area (Å²) in [6.45, 7) is 3.07. The molecule has 0 saturated heterocycles. The second kappa shape index (κ2) is 6.36. The molecule has 0 aromatic heterocycles. The maximum atomic E-state index is 8.64. The summed E-state index contributed by atoms with van der Waals surface area (Å²) in [6.07, 6.45) is 1.78. The summed E-state index contributed by atoms with van der Waals surface area (Å²) in [6, 6.07) is 3.91. The third-order valence-corrected chi connectivity index (χ3v) is 3.21. The molecule has 0 saturated carbocycles. The molecule has 15 heavy (non-hydrogen) atoms. The van der Waals surface area contributed by atoms with Crippen molar-refractivity contribution in [1.29, 1.82) is 0 Å². The third-order valence-electron chi connectivity index (χ3n) is 2.15. The fourth-order valence-corrected chi connectivity index (χ4v) is 2.00. The highest BCUT2D eigenvalue weighted by Crippen LogP contribution is 2.29. The Hall–Kier alpha value is -0.250. The van der Waals surface area contributed by atoms with E-state index in [0.717, 1.165) is 40.1 Å². The fraction of sp³-hybridized carbons (Fsp3) is 0.455. The first-order valence-corrected chi connectivity index (χ1v) is 6.12. The number of aliphatic hydroxyl groups is 1. The molecule has 0 aliphatic heterocycles. The van der Waals surface area contributed by atoms with Crippen molar-refractivity contribution in [3.05, 3.63) is 27.2 Å². The Labute approximate surface area is 104 Å². The largest absolute Gasteiger partial charge is 0.396 e. The van der Waals surface area contributed by atoms with E-state index in [1.165, 1.54) is 0 Å². The van der Waals surface area contributed by atoms with Gasteiger partial charge in [-0.15, -0.1) is 0 Å². The van der Waals surface area contributed by atoms with E-state index in [1.807, 2.05) is 19.1 Å². The van der Waals surface area contributed by atoms with E-state index >= 15 is 0 Å². The molecule has 0 heterocycles. The van der Waals surface area contributed by atoms with Crippen molar-refractivity contribution >= 4 is 33.2 Å². The molecule has 2 N–H and O–H groups in total. The zero-order valence-corrected chi connectivity index (χ0v) is 11.0. The molecule has 1 aromatic rings. The van der Waals surface area contributed by atoms with E-state index in [-0.39, 0.29) is 6.61 Å². The molecule has 1 rings (SSSR count). The lowest BCUT2D eigenvalue weighted by atomic mass is 10.2. The maximum Gasteiger partial charge on any atom is 0.0499 e. The van der Waals surface area contributed by atoms with Crippen LogP contribution in [0.15, 0.2) is 16.6 Å². The average molecular weight is 293 g/mol. The quantitative estimate of drug-likeness (QED) is 0.813. The molecule has 1 aromatic carbocycles. The van der Waals surface area contributed by atoms with Gasteiger partial charge in [0.05, 0.1) is 0 Å². The Balaban J connectivity index is 2.57. The molecular weight excluding hydrogens is 277 g/mol. The van der Waals surface area contributed by atoms with Gasteiger partial charge in [0, 0.05) is 28.3 Å². The van der Waals surface area contributed by atoms with E-state index in [1.54, 1.807) is 0 Å². The van der Waals surface area contributed by atoms with Crippen molar-refractivity contribution in [1.82, 2.24) is 0 Å². The molecule has 0 bridgehead atoms. The molecule has 0 aliphatic carbocycles. The number of halogens is 2. The van der Waals surface area contributed by atoms with E-state index in [4.69, 9.17) is 16.7 Å². The summed E-state index contributed by atoms with van der Waals surface area (Å²) in [5.74, 6) is 0. The lowest BCUT2D eigenvalue weighted by Crippen LogP contribution is -2.03. The SMILES string of the molecule is Cc1cc(Br)c(NCCCCO)cc1Cl. The second-order valence-corrected chi connectivity index (χ2v) is 4.70. The highest BCUT2D eigenvalue weighted by molar-refractivity contribution is 9.10. The Bertz CT molecular complexity index is 331. The van der Waals surface area contributed by atoms with E-state index < -0.39 is 0 Å². The van der Waals surface area contributed by atoms with Crippen LogP contribution in [0, 0.1) is 6.92 Å². The number of rotatable bonds is 5. The van der Waals surface area contributed by atoms with Crippen LogP contribution in [0.2, 0.25) is 5.02 Å². The molecule has 0 amide bonds. The maximum absolute atomic E-state index is 8.64. The fourth-order valence-electron chi connectivity index (χ4n) is 1.24. The zero-order chi connectivity index (χ0) is 11.3. The van der Waals surface area contributed by atoms with Crippen molar-refractivity contribution < 1.29 is 5.11 Å². The van der Waals surface area contributed by atoms with Crippen LogP contribution in [0.5, 0.6) is 0 Å². The number of benzene rings is 1. The molecule has 0 aliphatic rings. The number of aryl methyl sites for hydroxylation is 1. The average Bonchev–Trinajstić information content (AvgIpc) is 2.20. The summed E-state index contributed by atoms with van der Waals surface area (Å²) >= 11 is 9.50. The van der Waals surface area contributed by atoms with Gasteiger partial charge in [-0.25, -0.2) is 0 Å². The lowest BCUT2D eigenvalue weighted by Gasteiger charge is -2.10. The smallest absolute Gasteiger partial charge is 0.0499 e. The van der Waals surface area contributed by atoms with Gasteiger partial charge in [-0.3, -0.25) is 0 Å². The molecule has 0 atom stereocenters. The van der Waals surface area contributed by atoms with Crippen LogP contribution in [-0.4, -0.2) is 18.3 Å². The van der Waals surface area contributed by atoms with Crippen LogP contribution in [0.3, 0.4) is 0 Å². The molecule has 0 fully saturated rings. The van der Waals surface area contributed by atoms with Gasteiger partial charge < -0.3 is 10.4 Å². The van der Waals surface area contributed by atoms with E-state index in [9.17, 15) is 0 Å². The summed E-state index contributed by atoms with van der Waals surface area (Å²) in [4.78, 5) is 0. The van der Waals surface area contributed by atoms with Crippen LogP contribution in [0.25, 0.3) is 0 Å². The minimum Gasteiger partial charge on any atom is -0.396 e. The zero-order valence-electron chi connectivity index (χ0n) is 8.69. The van der Waals surface area contributed by atoms with Crippen LogP contribution >= 0.6 is 27.5 Å². The van der Waals surface area contributed by atoms with Gasteiger partial charge in [-0.1, -0.05) is 11.6 Å². The standard InChI is InChI=1S/C11H15BrClNO/c1-8-6-9(12)11(7-10(8)13)14-4-2-3-5-15/h6-7,14-15H,2-5H2,1H3. The monoisotopic (exact) mass is 291 g/mol. The minimum absolute atomic E-state index is 0.248. The molecule has 84 valence electrons. The van der Waals surface area contributed by atoms with E-state index in [2.05, 4.69) is 21.2 Å². The normalized spacial score (nSPS) is 10.4. The molecule has 4 heteroatoms. The first-order valence-electron chi connectivity index (χ1n) is 4.95. The minimum atomic E-state index is 0.248. The van der Waals surface area contributed by atoms with Crippen LogP contribution < -0.4 is 5.32 Å². The number of hydrogen-bond acceptors (Lipinski definition) is 2. The van der Waals surface area contributed by atoms with Crippen molar-refractivity contribution in [3.63, 3.8) is 0 Å². The second-order valence-electron chi connectivity index (χ2n) is 3.44. The Morgan fingerprint density at radius 3 is 2.80 bits per heavy atom.